The van der Waals surface area contributed by atoms with Crippen LogP contribution in [0.4, 0.5) is 0 Å². The molecule has 76 valence electrons. The summed E-state index contributed by atoms with van der Waals surface area (Å²) >= 11 is 0. The van der Waals surface area contributed by atoms with Crippen LogP contribution in [-0.4, -0.2) is 5.71 Å². The average Bonchev–Trinajstić information content (AvgIpc) is 2.69. The van der Waals surface area contributed by atoms with Gasteiger partial charge in [-0.15, -0.1) is 0 Å². The number of fused-ring (bicyclic) bond motifs is 3. The molecule has 1 nitrogen and oxygen atoms in total. The number of rotatable bonds is 1. The Morgan fingerprint density at radius 1 is 1.12 bits per heavy atom. The van der Waals surface area contributed by atoms with Crippen molar-refractivity contribution in [3.63, 3.8) is 0 Å². The molecular formula is C15H11N. The zero-order valence-electron chi connectivity index (χ0n) is 8.85. The molecule has 0 saturated carbocycles. The van der Waals surface area contributed by atoms with Gasteiger partial charge in [0.1, 0.15) is 0 Å². The fraction of sp³-hybridized carbons (Fsp3) is 0. The molecule has 0 fully saturated rings. The predicted octanol–water partition coefficient (Wildman–Crippen LogP) is 3.62. The SMILES string of the molecule is C=CN=C1C=CC=C2C1=Cc1ccccc12. The van der Waals surface area contributed by atoms with E-state index < -0.39 is 0 Å². The maximum absolute atomic E-state index is 4.29. The molecule has 0 spiro atoms. The predicted molar refractivity (Wildman–Crippen MR) is 69.2 cm³/mol. The second kappa shape index (κ2) is 3.46. The summed E-state index contributed by atoms with van der Waals surface area (Å²) in [6.45, 7) is 3.65. The van der Waals surface area contributed by atoms with E-state index >= 15 is 0 Å². The Labute approximate surface area is 94.8 Å². The molecule has 16 heavy (non-hydrogen) atoms. The summed E-state index contributed by atoms with van der Waals surface area (Å²) in [5.74, 6) is 0. The van der Waals surface area contributed by atoms with Crippen LogP contribution < -0.4 is 0 Å². The third-order valence-corrected chi connectivity index (χ3v) is 2.86. The Morgan fingerprint density at radius 2 is 2.00 bits per heavy atom. The minimum absolute atomic E-state index is 0.990. The molecular weight excluding hydrogens is 194 g/mol. The van der Waals surface area contributed by atoms with Gasteiger partial charge < -0.3 is 0 Å². The molecule has 1 heteroatoms. The number of hydrogen-bond acceptors (Lipinski definition) is 1. The van der Waals surface area contributed by atoms with Crippen LogP contribution in [0, 0.1) is 0 Å². The summed E-state index contributed by atoms with van der Waals surface area (Å²) in [7, 11) is 0. The van der Waals surface area contributed by atoms with Crippen LogP contribution in [0.25, 0.3) is 11.6 Å². The van der Waals surface area contributed by atoms with E-state index in [0.717, 1.165) is 5.71 Å². The summed E-state index contributed by atoms with van der Waals surface area (Å²) in [5, 5.41) is 0. The van der Waals surface area contributed by atoms with E-state index in [1.807, 2.05) is 12.2 Å². The van der Waals surface area contributed by atoms with Crippen LogP contribution in [0.3, 0.4) is 0 Å². The number of aliphatic imine (C=N–C) groups is 1. The smallest absolute Gasteiger partial charge is 0.0708 e. The molecule has 0 unspecified atom stereocenters. The maximum atomic E-state index is 4.29. The Morgan fingerprint density at radius 3 is 2.88 bits per heavy atom. The van der Waals surface area contributed by atoms with Gasteiger partial charge in [0.05, 0.1) is 5.71 Å². The third kappa shape index (κ3) is 1.22. The monoisotopic (exact) mass is 205 g/mol. The van der Waals surface area contributed by atoms with Crippen LogP contribution in [0.5, 0.6) is 0 Å². The summed E-state index contributed by atoms with van der Waals surface area (Å²) in [4.78, 5) is 4.29. The van der Waals surface area contributed by atoms with E-state index in [1.54, 1.807) is 6.20 Å². The molecule has 1 aromatic carbocycles. The van der Waals surface area contributed by atoms with Crippen molar-refractivity contribution < 1.29 is 0 Å². The second-order valence-corrected chi connectivity index (χ2v) is 3.78. The van der Waals surface area contributed by atoms with Gasteiger partial charge in [0.2, 0.25) is 0 Å². The lowest BCUT2D eigenvalue weighted by Gasteiger charge is -2.10. The van der Waals surface area contributed by atoms with E-state index in [-0.39, 0.29) is 0 Å². The fourth-order valence-electron chi connectivity index (χ4n) is 2.17. The first-order valence-corrected chi connectivity index (χ1v) is 5.29. The van der Waals surface area contributed by atoms with Crippen LogP contribution in [0.2, 0.25) is 0 Å². The van der Waals surface area contributed by atoms with Crippen LogP contribution >= 0.6 is 0 Å². The zero-order valence-corrected chi connectivity index (χ0v) is 8.85. The summed E-state index contributed by atoms with van der Waals surface area (Å²) in [6, 6.07) is 8.41. The number of hydrogen-bond donors (Lipinski definition) is 0. The van der Waals surface area contributed by atoms with Gasteiger partial charge in [0.15, 0.2) is 0 Å². The lowest BCUT2D eigenvalue weighted by molar-refractivity contribution is 1.56. The normalized spacial score (nSPS) is 18.9. The van der Waals surface area contributed by atoms with Crippen LogP contribution in [0.1, 0.15) is 11.1 Å². The van der Waals surface area contributed by atoms with E-state index in [9.17, 15) is 0 Å². The van der Waals surface area contributed by atoms with Gasteiger partial charge in [-0.1, -0.05) is 43.0 Å². The van der Waals surface area contributed by atoms with Crippen molar-refractivity contribution >= 4 is 17.4 Å². The molecule has 0 radical (unpaired) electrons. The van der Waals surface area contributed by atoms with Gasteiger partial charge in [0, 0.05) is 11.8 Å². The van der Waals surface area contributed by atoms with Crippen molar-refractivity contribution in [2.24, 2.45) is 4.99 Å². The lowest BCUT2D eigenvalue weighted by Crippen LogP contribution is -2.01. The number of allylic oxidation sites excluding steroid dienone is 5. The quantitative estimate of drug-likeness (QED) is 0.664. The zero-order chi connectivity index (χ0) is 11.0. The van der Waals surface area contributed by atoms with Crippen LogP contribution in [-0.2, 0) is 0 Å². The van der Waals surface area contributed by atoms with Crippen molar-refractivity contribution in [2.75, 3.05) is 0 Å². The molecule has 0 aliphatic heterocycles. The highest BCUT2D eigenvalue weighted by Crippen LogP contribution is 2.37. The molecule has 2 aliphatic carbocycles. The highest BCUT2D eigenvalue weighted by molar-refractivity contribution is 6.26. The molecule has 1 aromatic rings. The number of nitrogens with zero attached hydrogens (tertiary/aromatic N) is 1. The lowest BCUT2D eigenvalue weighted by atomic mass is 9.96. The standard InChI is InChI=1S/C15H11N/c1-2-16-15-9-5-8-13-12-7-4-3-6-11(12)10-14(13)15/h2-10H,1H2. The minimum atomic E-state index is 0.990. The average molecular weight is 205 g/mol. The summed E-state index contributed by atoms with van der Waals surface area (Å²) < 4.78 is 0. The third-order valence-electron chi connectivity index (χ3n) is 2.86. The van der Waals surface area contributed by atoms with Crippen molar-refractivity contribution in [3.8, 4) is 0 Å². The van der Waals surface area contributed by atoms with Gasteiger partial charge in [-0.05, 0) is 28.9 Å². The molecule has 0 aromatic heterocycles. The van der Waals surface area contributed by atoms with Gasteiger partial charge >= 0.3 is 0 Å². The molecule has 0 amide bonds. The Balaban J connectivity index is 2.20. The first-order valence-electron chi connectivity index (χ1n) is 5.29. The van der Waals surface area contributed by atoms with E-state index in [2.05, 4.69) is 48.0 Å². The first-order chi connectivity index (χ1) is 7.90. The van der Waals surface area contributed by atoms with E-state index in [0.29, 0.717) is 0 Å². The Kier molecular flexibility index (Phi) is 1.97. The van der Waals surface area contributed by atoms with Crippen LogP contribution in [0.15, 0.2) is 65.8 Å². The molecule has 2 aliphatic rings. The number of benzene rings is 1. The van der Waals surface area contributed by atoms with Crippen molar-refractivity contribution in [1.29, 1.82) is 0 Å². The van der Waals surface area contributed by atoms with Crippen molar-refractivity contribution in [2.45, 2.75) is 0 Å². The molecule has 0 bridgehead atoms. The van der Waals surface area contributed by atoms with Crippen molar-refractivity contribution in [3.05, 3.63) is 72.0 Å². The molecule has 0 N–H and O–H groups in total. The largest absolute Gasteiger partial charge is 0.257 e. The first kappa shape index (κ1) is 9.10. The Bertz CT molecular complexity index is 583. The fourth-order valence-corrected chi connectivity index (χ4v) is 2.17. The van der Waals surface area contributed by atoms with Crippen molar-refractivity contribution in [1.82, 2.24) is 0 Å². The summed E-state index contributed by atoms with van der Waals surface area (Å²) in [5.41, 5.74) is 6.01. The van der Waals surface area contributed by atoms with Gasteiger partial charge in [-0.25, -0.2) is 0 Å². The molecule has 3 rings (SSSR count). The van der Waals surface area contributed by atoms with Gasteiger partial charge in [0.25, 0.3) is 0 Å². The van der Waals surface area contributed by atoms with E-state index in [1.165, 1.54) is 22.3 Å². The highest BCUT2D eigenvalue weighted by Gasteiger charge is 2.21. The molecule has 0 saturated heterocycles. The van der Waals surface area contributed by atoms with Gasteiger partial charge in [-0.3, -0.25) is 4.99 Å². The summed E-state index contributed by atoms with van der Waals surface area (Å²) in [6.07, 6.45) is 9.97. The topological polar surface area (TPSA) is 12.4 Å². The highest BCUT2D eigenvalue weighted by atomic mass is 14.7. The minimum Gasteiger partial charge on any atom is -0.257 e. The van der Waals surface area contributed by atoms with Gasteiger partial charge in [-0.2, -0.15) is 0 Å². The maximum Gasteiger partial charge on any atom is 0.0708 e. The second-order valence-electron chi connectivity index (χ2n) is 3.78. The molecule has 0 atom stereocenters. The molecule has 0 heterocycles. The Hall–Kier alpha value is -2.15. The van der Waals surface area contributed by atoms with E-state index in [4.69, 9.17) is 0 Å².